The zero-order valence-corrected chi connectivity index (χ0v) is 17.1. The van der Waals surface area contributed by atoms with E-state index < -0.39 is 13.7 Å². The Kier molecular flexibility index (Phi) is 92.5. The van der Waals surface area contributed by atoms with E-state index in [1.54, 1.807) is 0 Å². The molecule has 0 aromatic carbocycles. The standard InChI is InChI=1S/CH3ClO2P.CH3O.Cl3P.H2O.2W/c1-4-5(2)3;1-2;1-4(2)3;;;/h3H,1H2;2H,1H2;;1H2;;/q2*-1;;;;. The third-order valence-electron chi connectivity index (χ3n) is 0.107. The zero-order valence-electron chi connectivity index (χ0n) is 6.44. The van der Waals surface area contributed by atoms with E-state index in [9.17, 15) is 0 Å². The molecule has 0 aromatic heterocycles. The van der Waals surface area contributed by atoms with Gasteiger partial charge >= 0.3 is 0 Å². The molecule has 0 saturated carbocycles. The number of hydrogen-bond acceptors (Lipinski definition) is 3. The van der Waals surface area contributed by atoms with Gasteiger partial charge in [-0.3, -0.25) is 0 Å². The fourth-order valence-corrected chi connectivity index (χ4v) is 0. The van der Waals surface area contributed by atoms with Crippen LogP contribution in [0.2, 0.25) is 0 Å². The summed E-state index contributed by atoms with van der Waals surface area (Å²) in [5.41, 5.74) is 0. The van der Waals surface area contributed by atoms with Crippen molar-refractivity contribution in [1.29, 1.82) is 0 Å². The van der Waals surface area contributed by atoms with Gasteiger partial charge in [0, 0.05) is 42.1 Å². The average Bonchev–Trinajstić information content (AvgIpc) is 1.91. The molecule has 0 rings (SSSR count). The Morgan fingerprint density at radius 3 is 1.07 bits per heavy atom. The van der Waals surface area contributed by atoms with E-state index in [2.05, 4.69) is 18.7 Å². The maximum atomic E-state index is 7.91. The minimum atomic E-state index is -1.74. The van der Waals surface area contributed by atoms with Crippen LogP contribution in [-0.2, 0) is 46.7 Å². The number of aliphatic hydroxyl groups excluding tert-OH is 1. The van der Waals surface area contributed by atoms with Gasteiger partial charge in [0.15, 0.2) is 5.98 Å². The van der Waals surface area contributed by atoms with Crippen LogP contribution in [0.25, 0.3) is 0 Å². The smallest absolute Gasteiger partial charge is 0.240 e. The summed E-state index contributed by atoms with van der Waals surface area (Å²) in [6.07, 6.45) is 0. The first-order valence-electron chi connectivity index (χ1n) is 1.66. The van der Waals surface area contributed by atoms with Gasteiger partial charge in [0.1, 0.15) is 0 Å². The molecule has 0 radical (unpaired) electrons. The molecule has 4 N–H and O–H groups in total. The van der Waals surface area contributed by atoms with E-state index in [0.717, 1.165) is 0 Å². The van der Waals surface area contributed by atoms with E-state index in [0.29, 0.717) is 0 Å². The first-order valence-corrected chi connectivity index (χ1v) is 7.84. The molecule has 4 nitrogen and oxygen atoms in total. The molecule has 0 saturated heterocycles. The van der Waals surface area contributed by atoms with Gasteiger partial charge in [0.2, 0.25) is 7.73 Å². The third-order valence-corrected chi connectivity index (χ3v) is 0.612. The molecule has 0 bridgehead atoms. The normalized spacial score (nSPS) is 8.36. The Morgan fingerprint density at radius 2 is 1.07 bits per heavy atom. The number of aliphatic hydroxyl groups is 1. The number of rotatable bonds is 1. The summed E-state index contributed by atoms with van der Waals surface area (Å²) in [5, 5.41) is 6.75. The van der Waals surface area contributed by atoms with Crippen molar-refractivity contribution in [2.75, 3.05) is 0 Å². The molecule has 0 spiro atoms. The zero-order chi connectivity index (χ0) is 9.86. The van der Waals surface area contributed by atoms with Crippen LogP contribution in [0.3, 0.4) is 0 Å². The predicted octanol–water partition coefficient (Wildman–Crippen LogP) is 3.50. The Balaban J connectivity index is -0.0000000166. The van der Waals surface area contributed by atoms with Crippen molar-refractivity contribution < 1.29 is 62.1 Å². The molecule has 0 heterocycles. The van der Waals surface area contributed by atoms with Crippen molar-refractivity contribution in [1.82, 2.24) is 0 Å². The molecule has 0 aliphatic rings. The van der Waals surface area contributed by atoms with Gasteiger partial charge in [-0.2, -0.15) is 0 Å². The van der Waals surface area contributed by atoms with Crippen molar-refractivity contribution in [3.8, 4) is 0 Å². The molecule has 1 unspecified atom stereocenters. The van der Waals surface area contributed by atoms with Crippen LogP contribution in [0, 0.1) is 14.2 Å². The maximum absolute atomic E-state index is 7.91. The monoisotopic (exact) mass is 666 g/mol. The van der Waals surface area contributed by atoms with E-state index in [1.165, 1.54) is 0 Å². The molecule has 0 fully saturated rings. The minimum Gasteiger partial charge on any atom is -0.569 e. The summed E-state index contributed by atoms with van der Waals surface area (Å²) < 4.78 is 3.89. The first kappa shape index (κ1) is 36.0. The Labute approximate surface area is 134 Å². The van der Waals surface area contributed by atoms with Gasteiger partial charge in [0.05, 0.1) is 0 Å². The summed E-state index contributed by atoms with van der Waals surface area (Å²) in [7, 11) is 3.34. The number of halogens is 4. The Bertz CT molecular complexity index is 63.9. The van der Waals surface area contributed by atoms with Crippen LogP contribution in [-0.4, -0.2) is 15.5 Å². The molecular weight excluding hydrogens is 659 g/mol. The van der Waals surface area contributed by atoms with E-state index >= 15 is 0 Å². The Hall–Kier alpha value is 3.24. The maximum Gasteiger partial charge on any atom is 0.240 e. The van der Waals surface area contributed by atoms with E-state index in [4.69, 9.17) is 55.0 Å². The molecule has 0 aliphatic heterocycles. The average molecular weight is 668 g/mol. The third kappa shape index (κ3) is 113. The summed E-state index contributed by atoms with van der Waals surface area (Å²) in [5.74, 6) is -1.20. The van der Waals surface area contributed by atoms with E-state index in [1.807, 2.05) is 0 Å². The fourth-order valence-electron chi connectivity index (χ4n) is 0. The topological polar surface area (TPSA) is 81.2 Å². The van der Waals surface area contributed by atoms with Gasteiger partial charge in [-0.15, -0.1) is 0 Å². The summed E-state index contributed by atoms with van der Waals surface area (Å²) >= 11 is 19.4. The number of hydrogen-bond donors (Lipinski definition) is 2. The molecule has 14 heavy (non-hydrogen) atoms. The van der Waals surface area contributed by atoms with Crippen LogP contribution in [0.5, 0.6) is 0 Å². The van der Waals surface area contributed by atoms with Gasteiger partial charge in [-0.1, -0.05) is 33.7 Å². The van der Waals surface area contributed by atoms with E-state index in [-0.39, 0.29) is 47.6 Å². The fraction of sp³-hybridized carbons (Fsp3) is 0. The van der Waals surface area contributed by atoms with Gasteiger partial charge in [-0.25, -0.2) is 14.2 Å². The largest absolute Gasteiger partial charge is 0.569 e. The second-order valence-electron chi connectivity index (χ2n) is 0.547. The van der Waals surface area contributed by atoms with Gasteiger partial charge in [0.25, 0.3) is 0 Å². The van der Waals surface area contributed by atoms with Crippen molar-refractivity contribution in [2.45, 2.75) is 0 Å². The van der Waals surface area contributed by atoms with Crippen LogP contribution in [0.4, 0.5) is 0 Å². The van der Waals surface area contributed by atoms with Crippen LogP contribution < -0.4 is 0 Å². The molecular formula is C2H8Cl4O4P2W2-2. The van der Waals surface area contributed by atoms with Crippen molar-refractivity contribution in [3.05, 3.63) is 14.2 Å². The van der Waals surface area contributed by atoms with Gasteiger partial charge < -0.3 is 20.0 Å². The minimum absolute atomic E-state index is 0. The second-order valence-corrected chi connectivity index (χ2v) is 7.11. The molecule has 0 aromatic rings. The molecule has 0 aliphatic carbocycles. The summed E-state index contributed by atoms with van der Waals surface area (Å²) in [4.78, 5) is 7.91. The molecule has 12 heteroatoms. The predicted molar refractivity (Wildman–Crippen MR) is 56.8 cm³/mol. The molecule has 0 amide bonds. The van der Waals surface area contributed by atoms with Crippen molar-refractivity contribution >= 4 is 58.7 Å². The second kappa shape index (κ2) is 36.0. The van der Waals surface area contributed by atoms with Crippen LogP contribution in [0.1, 0.15) is 0 Å². The summed E-state index contributed by atoms with van der Waals surface area (Å²) in [6.45, 7) is 0. The van der Waals surface area contributed by atoms with Gasteiger partial charge in [-0.05, 0) is 11.2 Å². The van der Waals surface area contributed by atoms with Crippen molar-refractivity contribution in [2.24, 2.45) is 0 Å². The van der Waals surface area contributed by atoms with Crippen LogP contribution >= 0.6 is 58.7 Å². The summed E-state index contributed by atoms with van der Waals surface area (Å²) in [6, 6.07) is 0. The van der Waals surface area contributed by atoms with Crippen molar-refractivity contribution in [3.63, 3.8) is 0 Å². The Morgan fingerprint density at radius 1 is 1.00 bits per heavy atom. The molecule has 92 valence electrons. The SMILES string of the molecule is ClP(Cl)Cl.O.[CH2-]O.[CH2-]OP(O)Cl.[W].[W]. The quantitative estimate of drug-likeness (QED) is 0.332. The molecule has 1 atom stereocenters. The van der Waals surface area contributed by atoms with Crippen LogP contribution in [0.15, 0.2) is 0 Å². The first-order chi connectivity index (χ1) is 5.00.